The number of hydrogen-bond acceptors (Lipinski definition) is 16. The van der Waals surface area contributed by atoms with Crippen molar-refractivity contribution >= 4 is 41.7 Å². The number of benzene rings is 2. The van der Waals surface area contributed by atoms with E-state index in [0.29, 0.717) is 0 Å². The number of ether oxygens (including phenoxy) is 6. The first-order chi connectivity index (χ1) is 29.9. The molecular weight excluding hydrogens is 838 g/mol. The zero-order valence-electron chi connectivity index (χ0n) is 36.4. The van der Waals surface area contributed by atoms with E-state index in [4.69, 9.17) is 28.4 Å². The van der Waals surface area contributed by atoms with Gasteiger partial charge in [-0.3, -0.25) is 14.4 Å². The molecule has 2 saturated carbocycles. The summed E-state index contributed by atoms with van der Waals surface area (Å²) in [5.74, 6) is -8.36. The number of amides is 1. The summed E-state index contributed by atoms with van der Waals surface area (Å²) in [5, 5.41) is 49.6. The molecule has 64 heavy (non-hydrogen) atoms. The molecular formula is C46H53NO17. The van der Waals surface area contributed by atoms with Crippen LogP contribution < -0.4 is 5.32 Å². The number of alkyl carbamates (subject to hydrolysis) is 1. The van der Waals surface area contributed by atoms with Crippen LogP contribution in [-0.4, -0.2) is 122 Å². The minimum atomic E-state index is -2.44. The summed E-state index contributed by atoms with van der Waals surface area (Å²) in [5.41, 5.74) is -9.25. The van der Waals surface area contributed by atoms with Gasteiger partial charge in [0.1, 0.15) is 41.7 Å². The molecule has 11 atom stereocenters. The Morgan fingerprint density at radius 3 is 2.14 bits per heavy atom. The molecule has 3 aliphatic carbocycles. The number of nitrogens with one attached hydrogen (secondary N) is 1. The Morgan fingerprint density at radius 2 is 1.55 bits per heavy atom. The number of aliphatic hydroxyl groups excluding tert-OH is 2. The molecule has 2 heterocycles. The lowest BCUT2D eigenvalue weighted by Gasteiger charge is -2.67. The Hall–Kier alpha value is -5.69. The summed E-state index contributed by atoms with van der Waals surface area (Å²) >= 11 is 0. The van der Waals surface area contributed by atoms with Gasteiger partial charge in [-0.1, -0.05) is 56.3 Å². The molecule has 2 bridgehead atoms. The number of hydrogen-bond donors (Lipinski definition) is 5. The second kappa shape index (κ2) is 16.4. The highest BCUT2D eigenvalue weighted by atomic mass is 16.6. The fraction of sp³-hybridized carbons (Fsp3) is 0.543. The Labute approximate surface area is 368 Å². The normalized spacial score (nSPS) is 32.6. The second-order valence-corrected chi connectivity index (χ2v) is 18.9. The van der Waals surface area contributed by atoms with Crippen molar-refractivity contribution in [3.63, 3.8) is 0 Å². The van der Waals surface area contributed by atoms with E-state index in [9.17, 15) is 49.2 Å². The molecule has 7 rings (SSSR count). The van der Waals surface area contributed by atoms with E-state index >= 15 is 4.79 Å². The van der Waals surface area contributed by atoms with Gasteiger partial charge >= 0.3 is 35.9 Å². The van der Waals surface area contributed by atoms with Crippen LogP contribution in [-0.2, 0) is 47.6 Å². The summed E-state index contributed by atoms with van der Waals surface area (Å²) < 4.78 is 35.7. The molecule has 18 heteroatoms. The molecule has 2 aromatic rings. The van der Waals surface area contributed by atoms with Crippen molar-refractivity contribution in [1.82, 2.24) is 5.32 Å². The summed E-state index contributed by atoms with van der Waals surface area (Å²) in [6.07, 6.45) is -13.4. The Bertz CT molecular complexity index is 2300. The molecule has 18 nitrogen and oxygen atoms in total. The first-order valence-electron chi connectivity index (χ1n) is 21.0. The lowest BCUT2D eigenvalue weighted by atomic mass is 9.44. The van der Waals surface area contributed by atoms with E-state index in [2.05, 4.69) is 5.32 Å². The van der Waals surface area contributed by atoms with E-state index in [1.807, 2.05) is 0 Å². The molecule has 1 spiro atoms. The minimum absolute atomic E-state index is 0.0780. The largest absolute Gasteiger partial charge is 0.481 e. The quantitative estimate of drug-likeness (QED) is 0.137. The topological polar surface area (TPSA) is 268 Å². The number of carboxylic acids is 1. The van der Waals surface area contributed by atoms with Gasteiger partial charge < -0.3 is 54.2 Å². The van der Waals surface area contributed by atoms with Crippen LogP contribution in [0.5, 0.6) is 0 Å². The van der Waals surface area contributed by atoms with Crippen LogP contribution >= 0.6 is 0 Å². The highest BCUT2D eigenvalue weighted by Gasteiger charge is 2.78. The number of aliphatic carboxylic acids is 1. The lowest BCUT2D eigenvalue weighted by Crippen LogP contribution is -2.81. The molecule has 1 amide bonds. The summed E-state index contributed by atoms with van der Waals surface area (Å²) in [4.78, 5) is 96.3. The average molecular weight is 892 g/mol. The maximum Gasteiger partial charge on any atom is 0.408 e. The smallest absolute Gasteiger partial charge is 0.408 e. The van der Waals surface area contributed by atoms with Gasteiger partial charge in [0.2, 0.25) is 6.10 Å². The van der Waals surface area contributed by atoms with Gasteiger partial charge in [0.25, 0.3) is 0 Å². The number of rotatable bonds is 9. The maximum atomic E-state index is 15.1. The Morgan fingerprint density at radius 1 is 0.922 bits per heavy atom. The van der Waals surface area contributed by atoms with E-state index in [1.54, 1.807) is 39.0 Å². The Kier molecular flexibility index (Phi) is 11.9. The van der Waals surface area contributed by atoms with Crippen molar-refractivity contribution in [2.24, 2.45) is 16.7 Å². The van der Waals surface area contributed by atoms with Crippen molar-refractivity contribution in [3.8, 4) is 0 Å². The molecule has 0 aromatic heterocycles. The number of Topliss-reactive ketones (excluding diaryl/α,β-unsaturated/α-hetero) is 1. The molecule has 2 aromatic carbocycles. The molecule has 5 aliphatic rings. The average Bonchev–Trinajstić information content (AvgIpc) is 3.26. The van der Waals surface area contributed by atoms with Crippen molar-refractivity contribution < 1.29 is 82.4 Å². The van der Waals surface area contributed by atoms with Crippen molar-refractivity contribution in [2.75, 3.05) is 6.61 Å². The van der Waals surface area contributed by atoms with Gasteiger partial charge in [-0.05, 0) is 63.5 Å². The van der Waals surface area contributed by atoms with Gasteiger partial charge in [-0.25, -0.2) is 19.2 Å². The first kappa shape index (κ1) is 46.3. The van der Waals surface area contributed by atoms with E-state index in [0.717, 1.165) is 0 Å². The number of carbonyl (C=O) groups is 7. The van der Waals surface area contributed by atoms with Gasteiger partial charge in [-0.2, -0.15) is 0 Å². The molecule has 344 valence electrons. The third-order valence-electron chi connectivity index (χ3n) is 13.7. The predicted octanol–water partition coefficient (Wildman–Crippen LogP) is 3.28. The molecule has 5 N–H and O–H groups in total. The van der Waals surface area contributed by atoms with Crippen LogP contribution in [0.4, 0.5) is 4.79 Å². The number of fused-ring (bicyclic) bond motifs is 4. The molecule has 0 radical (unpaired) electrons. The standard InChI is InChI=1S/C46H53NO17/c1-22-26(60-40(56)34(61-30(51)18-17-29(49)50)32(23-13-9-8-10-14-23)47-41(57)64-42(2,3)4)20-46(58)37-35-44(7,36(53)33(52)31(22)43(46,5)6)27(48)19-28-45(35,21-59-28)63-39(55)25-16-12-11-15-24(25)38(54)62-37/h8-16,26-28,32-35,37,48,52,58H,17-21H2,1-7H3,(H,47,57)(H,49,50)/t26-,27-,28+,32-,33+,34+,35?,37-,44+,45-,46+/m0/s1. The van der Waals surface area contributed by atoms with E-state index in [1.165, 1.54) is 64.1 Å². The number of carboxylic acid groups (broad SMARTS) is 1. The highest BCUT2D eigenvalue weighted by molar-refractivity contribution is 6.04. The summed E-state index contributed by atoms with van der Waals surface area (Å²) in [7, 11) is 0. The van der Waals surface area contributed by atoms with Crippen LogP contribution in [0.2, 0.25) is 0 Å². The molecule has 1 saturated heterocycles. The van der Waals surface area contributed by atoms with Crippen molar-refractivity contribution in [1.29, 1.82) is 0 Å². The van der Waals surface area contributed by atoms with Crippen LogP contribution in [0.25, 0.3) is 0 Å². The SMILES string of the molecule is CC1=C2[C@@H](O)C(=O)[C@@]3(C)C4[C@H](OC(=O)c5ccccc5C(=O)O[C@]45CO[C@@H]5C[C@@H]3O)[C@](O)(C[C@@H]1OC(=O)[C@H](OC(=O)CCC(=O)O)[C@@H](NC(=O)OC(C)(C)C)c1ccccc1)C2(C)C. The molecule has 1 unspecified atom stereocenters. The zero-order chi connectivity index (χ0) is 46.9. The third-order valence-corrected chi connectivity index (χ3v) is 13.7. The minimum Gasteiger partial charge on any atom is -0.481 e. The zero-order valence-corrected chi connectivity index (χ0v) is 36.4. The number of carbonyl (C=O) groups excluding carboxylic acids is 6. The molecule has 3 fully saturated rings. The Balaban J connectivity index is 1.37. The summed E-state index contributed by atoms with van der Waals surface area (Å²) in [6, 6.07) is 12.0. The fourth-order valence-corrected chi connectivity index (χ4v) is 10.3. The first-order valence-corrected chi connectivity index (χ1v) is 21.0. The van der Waals surface area contributed by atoms with E-state index < -0.39 is 137 Å². The predicted molar refractivity (Wildman–Crippen MR) is 218 cm³/mol. The lowest BCUT2D eigenvalue weighted by molar-refractivity contribution is -0.341. The number of ketones is 1. The second-order valence-electron chi connectivity index (χ2n) is 18.9. The van der Waals surface area contributed by atoms with Gasteiger partial charge in [0, 0.05) is 18.3 Å². The van der Waals surface area contributed by atoms with Crippen LogP contribution in [0.3, 0.4) is 0 Å². The van der Waals surface area contributed by atoms with Gasteiger partial charge in [0.15, 0.2) is 11.4 Å². The monoisotopic (exact) mass is 891 g/mol. The van der Waals surface area contributed by atoms with Crippen LogP contribution in [0.15, 0.2) is 65.7 Å². The highest BCUT2D eigenvalue weighted by Crippen LogP contribution is 2.64. The van der Waals surface area contributed by atoms with Crippen molar-refractivity contribution in [2.45, 2.75) is 134 Å². The van der Waals surface area contributed by atoms with Gasteiger partial charge in [0.05, 0.1) is 48.0 Å². The number of aliphatic hydroxyl groups is 3. The van der Waals surface area contributed by atoms with Crippen LogP contribution in [0, 0.1) is 16.7 Å². The van der Waals surface area contributed by atoms with Crippen LogP contribution in [0.1, 0.15) is 106 Å². The van der Waals surface area contributed by atoms with E-state index in [-0.39, 0.29) is 40.9 Å². The van der Waals surface area contributed by atoms with Crippen molar-refractivity contribution in [3.05, 3.63) is 82.4 Å². The number of esters is 4. The third kappa shape index (κ3) is 7.62. The van der Waals surface area contributed by atoms with Gasteiger partial charge in [-0.15, -0.1) is 0 Å². The molecule has 2 aliphatic heterocycles. The fourth-order valence-electron chi connectivity index (χ4n) is 10.3. The maximum absolute atomic E-state index is 15.1. The summed E-state index contributed by atoms with van der Waals surface area (Å²) in [6.45, 7) is 10.3.